The second kappa shape index (κ2) is 6.38. The van der Waals surface area contributed by atoms with Gasteiger partial charge in [0.05, 0.1) is 0 Å². The molecule has 0 fully saturated rings. The van der Waals surface area contributed by atoms with Crippen LogP contribution in [0.4, 0.5) is 0 Å². The lowest BCUT2D eigenvalue weighted by Crippen LogP contribution is -1.93. The summed E-state index contributed by atoms with van der Waals surface area (Å²) in [6, 6.07) is 11.4. The van der Waals surface area contributed by atoms with Crippen molar-refractivity contribution in [3.8, 4) is 5.75 Å². The first kappa shape index (κ1) is 13.6. The number of carboxylic acid groups (broad SMARTS) is 1. The van der Waals surface area contributed by atoms with E-state index in [4.69, 9.17) is 9.84 Å². The van der Waals surface area contributed by atoms with E-state index in [1.54, 1.807) is 12.1 Å². The van der Waals surface area contributed by atoms with Gasteiger partial charge in [-0.2, -0.15) is 0 Å². The number of benzene rings is 1. The van der Waals surface area contributed by atoms with Gasteiger partial charge < -0.3 is 9.84 Å². The van der Waals surface area contributed by atoms with Gasteiger partial charge in [0.1, 0.15) is 17.2 Å². The number of hydrogen-bond acceptors (Lipinski definition) is 3. The van der Waals surface area contributed by atoms with Crippen LogP contribution in [-0.2, 0) is 13.0 Å². The molecular formula is C15H16O3S. The summed E-state index contributed by atoms with van der Waals surface area (Å²) >= 11 is 1.25. The quantitative estimate of drug-likeness (QED) is 0.868. The van der Waals surface area contributed by atoms with Gasteiger partial charge in [-0.05, 0) is 36.2 Å². The average Bonchev–Trinajstić information content (AvgIpc) is 2.87. The summed E-state index contributed by atoms with van der Waals surface area (Å²) in [5, 5.41) is 8.83. The van der Waals surface area contributed by atoms with Crippen molar-refractivity contribution in [2.24, 2.45) is 0 Å². The van der Waals surface area contributed by atoms with Crippen LogP contribution in [0.3, 0.4) is 0 Å². The molecule has 3 nitrogen and oxygen atoms in total. The van der Waals surface area contributed by atoms with Crippen molar-refractivity contribution in [2.45, 2.75) is 26.4 Å². The van der Waals surface area contributed by atoms with Crippen molar-refractivity contribution in [2.75, 3.05) is 0 Å². The van der Waals surface area contributed by atoms with Crippen molar-refractivity contribution in [3.05, 3.63) is 51.7 Å². The molecule has 0 aliphatic rings. The molecule has 0 amide bonds. The first-order chi connectivity index (χ1) is 9.19. The average molecular weight is 276 g/mol. The number of aryl methyl sites for hydroxylation is 1. The van der Waals surface area contributed by atoms with Crippen LogP contribution in [0.2, 0.25) is 0 Å². The van der Waals surface area contributed by atoms with Gasteiger partial charge >= 0.3 is 5.97 Å². The molecule has 100 valence electrons. The Hall–Kier alpha value is -1.81. The molecule has 1 aromatic carbocycles. The Morgan fingerprint density at radius 2 is 1.95 bits per heavy atom. The molecule has 1 N–H and O–H groups in total. The smallest absolute Gasteiger partial charge is 0.345 e. The molecule has 1 aromatic heterocycles. The van der Waals surface area contributed by atoms with Crippen LogP contribution in [0.5, 0.6) is 5.75 Å². The van der Waals surface area contributed by atoms with Crippen LogP contribution in [-0.4, -0.2) is 11.1 Å². The molecule has 19 heavy (non-hydrogen) atoms. The van der Waals surface area contributed by atoms with Crippen molar-refractivity contribution in [1.29, 1.82) is 0 Å². The SMILES string of the molecule is CCCc1ccc(OCc2ccc(C(=O)O)s2)cc1. The Kier molecular flexibility index (Phi) is 4.58. The van der Waals surface area contributed by atoms with Gasteiger partial charge in [-0.25, -0.2) is 4.79 Å². The molecule has 1 heterocycles. The maximum absolute atomic E-state index is 10.8. The fourth-order valence-electron chi connectivity index (χ4n) is 1.77. The summed E-state index contributed by atoms with van der Waals surface area (Å²) in [6.45, 7) is 2.56. The topological polar surface area (TPSA) is 46.5 Å². The van der Waals surface area contributed by atoms with Gasteiger partial charge in [0, 0.05) is 4.88 Å². The zero-order valence-electron chi connectivity index (χ0n) is 10.8. The molecule has 4 heteroatoms. The number of rotatable bonds is 6. The van der Waals surface area contributed by atoms with E-state index >= 15 is 0 Å². The molecule has 0 spiro atoms. The Bertz CT molecular complexity index is 543. The molecule has 2 rings (SSSR count). The zero-order chi connectivity index (χ0) is 13.7. The van der Waals surface area contributed by atoms with E-state index < -0.39 is 5.97 Å². The number of thiophene rings is 1. The third kappa shape index (κ3) is 3.83. The van der Waals surface area contributed by atoms with Gasteiger partial charge in [0.25, 0.3) is 0 Å². The standard InChI is InChI=1S/C15H16O3S/c1-2-3-11-4-6-12(7-5-11)18-10-13-8-9-14(19-13)15(16)17/h4-9H,2-3,10H2,1H3,(H,16,17). The molecule has 0 aliphatic carbocycles. The molecule has 0 aliphatic heterocycles. The molecule has 0 unspecified atom stereocenters. The molecule has 0 bridgehead atoms. The maximum atomic E-state index is 10.8. The van der Waals surface area contributed by atoms with Crippen molar-refractivity contribution in [1.82, 2.24) is 0 Å². The van der Waals surface area contributed by atoms with Gasteiger partial charge in [-0.1, -0.05) is 25.5 Å². The molecular weight excluding hydrogens is 260 g/mol. The van der Waals surface area contributed by atoms with E-state index in [1.807, 2.05) is 12.1 Å². The van der Waals surface area contributed by atoms with Crippen LogP contribution < -0.4 is 4.74 Å². The van der Waals surface area contributed by atoms with Gasteiger partial charge in [-0.3, -0.25) is 0 Å². The molecule has 0 atom stereocenters. The number of hydrogen-bond donors (Lipinski definition) is 1. The third-order valence-electron chi connectivity index (χ3n) is 2.72. The number of carbonyl (C=O) groups is 1. The Morgan fingerprint density at radius 3 is 2.53 bits per heavy atom. The predicted molar refractivity (Wildman–Crippen MR) is 76.0 cm³/mol. The summed E-state index contributed by atoms with van der Waals surface area (Å²) in [4.78, 5) is 12.0. The second-order valence-corrected chi connectivity index (χ2v) is 5.42. The Balaban J connectivity index is 1.92. The lowest BCUT2D eigenvalue weighted by molar-refractivity contribution is 0.0702. The lowest BCUT2D eigenvalue weighted by Gasteiger charge is -2.05. The highest BCUT2D eigenvalue weighted by Gasteiger charge is 2.07. The minimum absolute atomic E-state index is 0.344. The van der Waals surface area contributed by atoms with Crippen molar-refractivity contribution >= 4 is 17.3 Å². The van der Waals surface area contributed by atoms with Gasteiger partial charge in [0.2, 0.25) is 0 Å². The van der Waals surface area contributed by atoms with Crippen LogP contribution >= 0.6 is 11.3 Å². The summed E-state index contributed by atoms with van der Waals surface area (Å²) in [6.07, 6.45) is 2.21. The Labute approximate surface area is 116 Å². The van der Waals surface area contributed by atoms with E-state index in [-0.39, 0.29) is 0 Å². The molecule has 0 radical (unpaired) electrons. The highest BCUT2D eigenvalue weighted by molar-refractivity contribution is 7.13. The van der Waals surface area contributed by atoms with E-state index in [9.17, 15) is 4.79 Å². The summed E-state index contributed by atoms with van der Waals surface area (Å²) in [5.74, 6) is -0.0784. The maximum Gasteiger partial charge on any atom is 0.345 e. The minimum Gasteiger partial charge on any atom is -0.488 e. The van der Waals surface area contributed by atoms with Crippen LogP contribution in [0.15, 0.2) is 36.4 Å². The number of ether oxygens (including phenoxy) is 1. The van der Waals surface area contributed by atoms with E-state index in [1.165, 1.54) is 16.9 Å². The van der Waals surface area contributed by atoms with Crippen molar-refractivity contribution in [3.63, 3.8) is 0 Å². The van der Waals surface area contributed by atoms with E-state index in [0.717, 1.165) is 23.5 Å². The number of carboxylic acids is 1. The Morgan fingerprint density at radius 1 is 1.21 bits per heavy atom. The predicted octanol–water partition coefficient (Wildman–Crippen LogP) is 3.98. The number of aromatic carboxylic acids is 1. The fourth-order valence-corrected chi connectivity index (χ4v) is 2.53. The van der Waals surface area contributed by atoms with Crippen LogP contribution in [0.25, 0.3) is 0 Å². The molecule has 2 aromatic rings. The van der Waals surface area contributed by atoms with Crippen LogP contribution in [0.1, 0.15) is 33.5 Å². The first-order valence-electron chi connectivity index (χ1n) is 6.23. The highest BCUT2D eigenvalue weighted by atomic mass is 32.1. The normalized spacial score (nSPS) is 10.4. The zero-order valence-corrected chi connectivity index (χ0v) is 11.6. The highest BCUT2D eigenvalue weighted by Crippen LogP contribution is 2.20. The van der Waals surface area contributed by atoms with E-state index in [0.29, 0.717) is 11.5 Å². The minimum atomic E-state index is -0.889. The van der Waals surface area contributed by atoms with Crippen LogP contribution in [0, 0.1) is 0 Å². The third-order valence-corrected chi connectivity index (χ3v) is 3.76. The summed E-state index contributed by atoms with van der Waals surface area (Å²) < 4.78 is 5.64. The first-order valence-corrected chi connectivity index (χ1v) is 7.04. The lowest BCUT2D eigenvalue weighted by atomic mass is 10.1. The molecule has 0 saturated heterocycles. The molecule has 0 saturated carbocycles. The monoisotopic (exact) mass is 276 g/mol. The summed E-state index contributed by atoms with van der Waals surface area (Å²) in [5.41, 5.74) is 1.30. The summed E-state index contributed by atoms with van der Waals surface area (Å²) in [7, 11) is 0. The fraction of sp³-hybridized carbons (Fsp3) is 0.267. The largest absolute Gasteiger partial charge is 0.488 e. The van der Waals surface area contributed by atoms with Gasteiger partial charge in [0.15, 0.2) is 0 Å². The van der Waals surface area contributed by atoms with E-state index in [2.05, 4.69) is 19.1 Å². The van der Waals surface area contributed by atoms with Gasteiger partial charge in [-0.15, -0.1) is 11.3 Å². The van der Waals surface area contributed by atoms with Crippen molar-refractivity contribution < 1.29 is 14.6 Å². The second-order valence-electron chi connectivity index (χ2n) is 4.25.